The van der Waals surface area contributed by atoms with Crippen LogP contribution in [0, 0.1) is 0 Å². The monoisotopic (exact) mass is 261 g/mol. The third-order valence-electron chi connectivity index (χ3n) is 3.44. The first-order valence-corrected chi connectivity index (χ1v) is 6.54. The first-order valence-electron chi connectivity index (χ1n) is 6.54. The zero-order valence-corrected chi connectivity index (χ0v) is 11.0. The number of hydrogen-bond donors (Lipinski definition) is 3. The fourth-order valence-corrected chi connectivity index (χ4v) is 2.01. The molecule has 0 unspecified atom stereocenters. The molecular weight excluding hydrogens is 242 g/mol. The highest BCUT2D eigenvalue weighted by molar-refractivity contribution is 5.99. The smallest absolute Gasteiger partial charge is 0.251 e. The van der Waals surface area contributed by atoms with Crippen molar-refractivity contribution in [3.63, 3.8) is 0 Å². The van der Waals surface area contributed by atoms with Gasteiger partial charge in [0.1, 0.15) is 0 Å². The van der Waals surface area contributed by atoms with Crippen molar-refractivity contribution in [2.24, 2.45) is 5.73 Å². The molecular formula is C14H19N3O2. The number of carbonyl (C=O) groups is 2. The van der Waals surface area contributed by atoms with E-state index in [1.807, 2.05) is 6.92 Å². The predicted octanol–water partition coefficient (Wildman–Crippen LogP) is 1.26. The van der Waals surface area contributed by atoms with Crippen molar-refractivity contribution < 1.29 is 9.59 Å². The number of anilines is 1. The first-order chi connectivity index (χ1) is 9.05. The topological polar surface area (TPSA) is 84.2 Å². The lowest BCUT2D eigenvalue weighted by molar-refractivity contribution is -0.123. The molecule has 0 heterocycles. The van der Waals surface area contributed by atoms with Gasteiger partial charge in [0.25, 0.3) is 5.91 Å². The number of carbonyl (C=O) groups excluding carboxylic acids is 2. The highest BCUT2D eigenvalue weighted by atomic mass is 16.2. The molecule has 0 radical (unpaired) electrons. The fourth-order valence-electron chi connectivity index (χ4n) is 2.01. The average Bonchev–Trinajstić information content (AvgIpc) is 2.37. The normalized spacial score (nSPS) is 16.3. The van der Waals surface area contributed by atoms with Crippen LogP contribution in [0.25, 0.3) is 0 Å². The van der Waals surface area contributed by atoms with Crippen LogP contribution in [0.3, 0.4) is 0 Å². The van der Waals surface area contributed by atoms with E-state index in [1.165, 1.54) is 0 Å². The van der Waals surface area contributed by atoms with Crippen molar-refractivity contribution in [3.05, 3.63) is 29.8 Å². The van der Waals surface area contributed by atoms with E-state index in [0.29, 0.717) is 17.8 Å². The van der Waals surface area contributed by atoms with Gasteiger partial charge in [0, 0.05) is 17.8 Å². The van der Waals surface area contributed by atoms with Crippen molar-refractivity contribution in [2.45, 2.75) is 31.7 Å². The average molecular weight is 261 g/mol. The van der Waals surface area contributed by atoms with Crippen LogP contribution >= 0.6 is 0 Å². The Balaban J connectivity index is 1.99. The van der Waals surface area contributed by atoms with Crippen LogP contribution in [-0.2, 0) is 4.79 Å². The van der Waals surface area contributed by atoms with Crippen LogP contribution in [0.15, 0.2) is 24.3 Å². The Bertz CT molecular complexity index is 478. The van der Waals surface area contributed by atoms with E-state index < -0.39 is 5.54 Å². The second-order valence-electron chi connectivity index (χ2n) is 4.90. The molecule has 5 heteroatoms. The molecule has 0 saturated heterocycles. The maximum atomic E-state index is 11.9. The zero-order valence-electron chi connectivity index (χ0n) is 11.0. The second-order valence-corrected chi connectivity index (χ2v) is 4.90. The molecule has 1 aliphatic carbocycles. The minimum absolute atomic E-state index is 0.116. The van der Waals surface area contributed by atoms with E-state index in [9.17, 15) is 9.59 Å². The minimum atomic E-state index is -0.710. The molecule has 0 aliphatic heterocycles. The lowest BCUT2D eigenvalue weighted by atomic mass is 9.77. The summed E-state index contributed by atoms with van der Waals surface area (Å²) in [6.07, 6.45) is 2.46. The lowest BCUT2D eigenvalue weighted by Gasteiger charge is -2.36. The molecule has 0 spiro atoms. The third-order valence-corrected chi connectivity index (χ3v) is 3.44. The Labute approximate surface area is 112 Å². The highest BCUT2D eigenvalue weighted by Gasteiger charge is 2.40. The number of rotatable bonds is 4. The standard InChI is InChI=1S/C14H19N3O2/c1-2-16-12(18)10-4-6-11(7-5-10)17-13(19)14(15)8-3-9-14/h4-7H,2-3,8-9,15H2,1H3,(H,16,18)(H,17,19). The summed E-state index contributed by atoms with van der Waals surface area (Å²) in [6, 6.07) is 6.80. The van der Waals surface area contributed by atoms with Crippen LogP contribution < -0.4 is 16.4 Å². The molecule has 1 aromatic rings. The molecule has 1 saturated carbocycles. The van der Waals surface area contributed by atoms with Gasteiger partial charge >= 0.3 is 0 Å². The number of amides is 2. The Morgan fingerprint density at radius 2 is 1.89 bits per heavy atom. The Morgan fingerprint density at radius 3 is 2.37 bits per heavy atom. The molecule has 1 aromatic carbocycles. The van der Waals surface area contributed by atoms with Crippen molar-refractivity contribution in [1.29, 1.82) is 0 Å². The minimum Gasteiger partial charge on any atom is -0.352 e. The zero-order chi connectivity index (χ0) is 13.9. The highest BCUT2D eigenvalue weighted by Crippen LogP contribution is 2.30. The summed E-state index contributed by atoms with van der Waals surface area (Å²) in [4.78, 5) is 23.5. The number of hydrogen-bond acceptors (Lipinski definition) is 3. The second kappa shape index (κ2) is 5.40. The van der Waals surface area contributed by atoms with Crippen molar-refractivity contribution in [1.82, 2.24) is 5.32 Å². The molecule has 0 atom stereocenters. The predicted molar refractivity (Wildman–Crippen MR) is 73.8 cm³/mol. The molecule has 19 heavy (non-hydrogen) atoms. The van der Waals surface area contributed by atoms with Crippen molar-refractivity contribution in [2.75, 3.05) is 11.9 Å². The Morgan fingerprint density at radius 1 is 1.26 bits per heavy atom. The maximum absolute atomic E-state index is 11.9. The summed E-state index contributed by atoms with van der Waals surface area (Å²) in [5.41, 5.74) is 6.46. The maximum Gasteiger partial charge on any atom is 0.251 e. The van der Waals surface area contributed by atoms with Gasteiger partial charge in [-0.2, -0.15) is 0 Å². The van der Waals surface area contributed by atoms with Gasteiger partial charge in [0.15, 0.2) is 0 Å². The Kier molecular flexibility index (Phi) is 3.85. The van der Waals surface area contributed by atoms with Crippen LogP contribution in [-0.4, -0.2) is 23.9 Å². The van der Waals surface area contributed by atoms with Gasteiger partial charge in [-0.1, -0.05) is 0 Å². The third kappa shape index (κ3) is 2.93. The van der Waals surface area contributed by atoms with Gasteiger partial charge in [-0.15, -0.1) is 0 Å². The molecule has 5 nitrogen and oxygen atoms in total. The number of nitrogens with two attached hydrogens (primary N) is 1. The van der Waals surface area contributed by atoms with Gasteiger partial charge in [-0.3, -0.25) is 9.59 Å². The van der Waals surface area contributed by atoms with E-state index in [4.69, 9.17) is 5.73 Å². The van der Waals surface area contributed by atoms with Crippen molar-refractivity contribution in [3.8, 4) is 0 Å². The number of nitrogens with one attached hydrogen (secondary N) is 2. The first kappa shape index (κ1) is 13.5. The molecule has 2 amide bonds. The number of benzene rings is 1. The molecule has 1 fully saturated rings. The Hall–Kier alpha value is -1.88. The summed E-state index contributed by atoms with van der Waals surface area (Å²) in [5, 5.41) is 5.51. The summed E-state index contributed by atoms with van der Waals surface area (Å²) in [6.45, 7) is 2.46. The molecule has 2 rings (SSSR count). The van der Waals surface area contributed by atoms with Crippen LogP contribution in [0.1, 0.15) is 36.5 Å². The van der Waals surface area contributed by atoms with Crippen LogP contribution in [0.5, 0.6) is 0 Å². The lowest BCUT2D eigenvalue weighted by Crippen LogP contribution is -2.56. The van der Waals surface area contributed by atoms with Gasteiger partial charge < -0.3 is 16.4 Å². The molecule has 1 aliphatic rings. The SMILES string of the molecule is CCNC(=O)c1ccc(NC(=O)C2(N)CCC2)cc1. The summed E-state index contributed by atoms with van der Waals surface area (Å²) >= 11 is 0. The van der Waals surface area contributed by atoms with E-state index >= 15 is 0 Å². The largest absolute Gasteiger partial charge is 0.352 e. The van der Waals surface area contributed by atoms with Crippen LogP contribution in [0.2, 0.25) is 0 Å². The molecule has 4 N–H and O–H groups in total. The van der Waals surface area contributed by atoms with Gasteiger partial charge in [-0.25, -0.2) is 0 Å². The van der Waals surface area contributed by atoms with Gasteiger partial charge in [-0.05, 0) is 50.5 Å². The van der Waals surface area contributed by atoms with Crippen LogP contribution in [0.4, 0.5) is 5.69 Å². The molecule has 0 aromatic heterocycles. The van der Waals surface area contributed by atoms with Gasteiger partial charge in [0.05, 0.1) is 5.54 Å². The van der Waals surface area contributed by atoms with E-state index in [-0.39, 0.29) is 11.8 Å². The van der Waals surface area contributed by atoms with E-state index in [0.717, 1.165) is 19.3 Å². The van der Waals surface area contributed by atoms with E-state index in [2.05, 4.69) is 10.6 Å². The molecule has 102 valence electrons. The van der Waals surface area contributed by atoms with Crippen molar-refractivity contribution >= 4 is 17.5 Å². The fraction of sp³-hybridized carbons (Fsp3) is 0.429. The summed E-state index contributed by atoms with van der Waals surface area (Å²) in [7, 11) is 0. The quantitative estimate of drug-likeness (QED) is 0.762. The van der Waals surface area contributed by atoms with E-state index in [1.54, 1.807) is 24.3 Å². The summed E-state index contributed by atoms with van der Waals surface area (Å²) in [5.74, 6) is -0.265. The van der Waals surface area contributed by atoms with Gasteiger partial charge in [0.2, 0.25) is 5.91 Å². The summed E-state index contributed by atoms with van der Waals surface area (Å²) < 4.78 is 0. The molecule has 0 bridgehead atoms.